The predicted octanol–water partition coefficient (Wildman–Crippen LogP) is 4.53. The van der Waals surface area contributed by atoms with Crippen LogP contribution in [0.25, 0.3) is 0 Å². The lowest BCUT2D eigenvalue weighted by Crippen LogP contribution is -2.55. The maximum Gasteiger partial charge on any atom is 0.317 e. The SMILES string of the molecule is CCCCCCCCN1C(=O)[C@@H](CC(=O)O)C[C@@]2(C(=O)OC)CC(C)(C)CC=C12. The lowest BCUT2D eigenvalue weighted by Gasteiger charge is -2.51. The van der Waals surface area contributed by atoms with E-state index in [9.17, 15) is 19.5 Å². The molecule has 6 nitrogen and oxygen atoms in total. The number of likely N-dealkylation sites (tertiary alicyclic amines) is 1. The van der Waals surface area contributed by atoms with E-state index in [1.165, 1.54) is 26.4 Å². The van der Waals surface area contributed by atoms with Gasteiger partial charge in [0.1, 0.15) is 5.41 Å². The summed E-state index contributed by atoms with van der Waals surface area (Å²) in [6.07, 6.45) is 9.93. The second-order valence-electron chi connectivity index (χ2n) is 9.46. The van der Waals surface area contributed by atoms with Crippen molar-refractivity contribution in [1.82, 2.24) is 4.90 Å². The first-order valence-corrected chi connectivity index (χ1v) is 11.0. The number of ether oxygens (including phenoxy) is 1. The zero-order chi connectivity index (χ0) is 21.7. The number of carbonyl (C=O) groups excluding carboxylic acids is 2. The van der Waals surface area contributed by atoms with Gasteiger partial charge in [0.25, 0.3) is 0 Å². The van der Waals surface area contributed by atoms with Crippen molar-refractivity contribution in [3.8, 4) is 0 Å². The van der Waals surface area contributed by atoms with E-state index < -0.39 is 17.3 Å². The van der Waals surface area contributed by atoms with Crippen molar-refractivity contribution in [2.75, 3.05) is 13.7 Å². The number of methoxy groups -OCH3 is 1. The van der Waals surface area contributed by atoms with Crippen molar-refractivity contribution >= 4 is 17.8 Å². The Morgan fingerprint density at radius 3 is 2.48 bits per heavy atom. The molecular formula is C23H37NO5. The molecule has 0 spiro atoms. The number of rotatable bonds is 10. The van der Waals surface area contributed by atoms with Gasteiger partial charge < -0.3 is 14.7 Å². The number of hydrogen-bond donors (Lipinski definition) is 1. The number of piperidine rings is 1. The van der Waals surface area contributed by atoms with Gasteiger partial charge in [0.15, 0.2) is 0 Å². The molecular weight excluding hydrogens is 370 g/mol. The van der Waals surface area contributed by atoms with Crippen LogP contribution in [0.4, 0.5) is 0 Å². The minimum absolute atomic E-state index is 0.113. The molecule has 1 aliphatic carbocycles. The summed E-state index contributed by atoms with van der Waals surface area (Å²) in [5, 5.41) is 9.34. The zero-order valence-electron chi connectivity index (χ0n) is 18.5. The second kappa shape index (κ2) is 9.77. The van der Waals surface area contributed by atoms with E-state index in [0.29, 0.717) is 13.0 Å². The molecule has 2 rings (SSSR count). The van der Waals surface area contributed by atoms with Gasteiger partial charge >= 0.3 is 11.9 Å². The molecule has 0 unspecified atom stereocenters. The standard InChI is InChI=1S/C23H37NO5/c1-5-6-7-8-9-10-13-24-18-11-12-22(2,3)16-23(18,21(28)29-4)15-17(20(24)27)14-19(25)26/h11,17H,5-10,12-16H2,1-4H3,(H,25,26)/t17-,23+/m0/s1. The molecule has 1 aliphatic heterocycles. The van der Waals surface area contributed by atoms with Crippen molar-refractivity contribution in [2.24, 2.45) is 16.7 Å². The van der Waals surface area contributed by atoms with Crippen LogP contribution in [0.3, 0.4) is 0 Å². The molecule has 1 fully saturated rings. The Morgan fingerprint density at radius 2 is 1.86 bits per heavy atom. The monoisotopic (exact) mass is 407 g/mol. The molecule has 0 bridgehead atoms. The molecule has 2 aliphatic rings. The third-order valence-corrected chi connectivity index (χ3v) is 6.35. The van der Waals surface area contributed by atoms with Gasteiger partial charge in [-0.3, -0.25) is 14.4 Å². The van der Waals surface area contributed by atoms with Crippen LogP contribution in [-0.2, 0) is 19.1 Å². The van der Waals surface area contributed by atoms with Gasteiger partial charge in [0.2, 0.25) is 5.91 Å². The highest BCUT2D eigenvalue weighted by Gasteiger charge is 2.57. The quantitative estimate of drug-likeness (QED) is 0.425. The van der Waals surface area contributed by atoms with Crippen molar-refractivity contribution in [1.29, 1.82) is 0 Å². The average molecular weight is 408 g/mol. The highest BCUT2D eigenvalue weighted by molar-refractivity contribution is 5.91. The van der Waals surface area contributed by atoms with Crippen LogP contribution in [0.2, 0.25) is 0 Å². The van der Waals surface area contributed by atoms with E-state index in [1.807, 2.05) is 6.08 Å². The molecule has 0 aromatic carbocycles. The maximum absolute atomic E-state index is 13.2. The van der Waals surface area contributed by atoms with Crippen molar-refractivity contribution in [2.45, 2.75) is 85.0 Å². The molecule has 0 aromatic heterocycles. The largest absolute Gasteiger partial charge is 0.481 e. The fourth-order valence-corrected chi connectivity index (χ4v) is 5.05. The number of esters is 1. The first kappa shape index (κ1) is 23.4. The molecule has 1 N–H and O–H groups in total. The molecule has 0 radical (unpaired) electrons. The number of amides is 1. The Bertz CT molecular complexity index is 654. The Balaban J connectivity index is 2.30. The number of hydrogen-bond acceptors (Lipinski definition) is 4. The minimum atomic E-state index is -1.01. The summed E-state index contributed by atoms with van der Waals surface area (Å²) >= 11 is 0. The molecule has 29 heavy (non-hydrogen) atoms. The van der Waals surface area contributed by atoms with E-state index in [0.717, 1.165) is 31.4 Å². The van der Waals surface area contributed by atoms with E-state index in [-0.39, 0.29) is 30.1 Å². The Morgan fingerprint density at radius 1 is 1.21 bits per heavy atom. The van der Waals surface area contributed by atoms with E-state index in [2.05, 4.69) is 20.8 Å². The number of carboxylic acid groups (broad SMARTS) is 1. The Kier molecular flexibility index (Phi) is 7.89. The summed E-state index contributed by atoms with van der Waals surface area (Å²) in [4.78, 5) is 39.3. The fourth-order valence-electron chi connectivity index (χ4n) is 5.05. The Labute approximate surface area is 174 Å². The van der Waals surface area contributed by atoms with Crippen molar-refractivity contribution in [3.05, 3.63) is 11.8 Å². The molecule has 1 amide bonds. The molecule has 164 valence electrons. The lowest BCUT2D eigenvalue weighted by molar-refractivity contribution is -0.163. The third kappa shape index (κ3) is 5.40. The normalized spacial score (nSPS) is 25.9. The summed E-state index contributed by atoms with van der Waals surface area (Å²) in [7, 11) is 1.37. The molecule has 1 heterocycles. The van der Waals surface area contributed by atoms with Crippen LogP contribution in [0, 0.1) is 16.7 Å². The van der Waals surface area contributed by atoms with Gasteiger partial charge in [-0.15, -0.1) is 0 Å². The molecule has 0 aromatic rings. The number of allylic oxidation sites excluding steroid dienone is 1. The molecule has 1 saturated heterocycles. The highest BCUT2D eigenvalue weighted by Crippen LogP contribution is 2.54. The third-order valence-electron chi connectivity index (χ3n) is 6.35. The number of nitrogens with zero attached hydrogens (tertiary/aromatic N) is 1. The van der Waals surface area contributed by atoms with Gasteiger partial charge in [-0.25, -0.2) is 0 Å². The number of carbonyl (C=O) groups is 3. The fraction of sp³-hybridized carbons (Fsp3) is 0.783. The predicted molar refractivity (Wildman–Crippen MR) is 111 cm³/mol. The number of carboxylic acids is 1. The highest BCUT2D eigenvalue weighted by atomic mass is 16.5. The van der Waals surface area contributed by atoms with Gasteiger partial charge in [0.05, 0.1) is 19.4 Å². The molecule has 0 saturated carbocycles. The summed E-state index contributed by atoms with van der Waals surface area (Å²) in [5.41, 5.74) is -0.311. The van der Waals surface area contributed by atoms with Crippen LogP contribution < -0.4 is 0 Å². The van der Waals surface area contributed by atoms with E-state index >= 15 is 0 Å². The lowest BCUT2D eigenvalue weighted by atomic mass is 9.60. The summed E-state index contributed by atoms with van der Waals surface area (Å²) < 4.78 is 5.18. The number of aliphatic carboxylic acids is 1. The van der Waals surface area contributed by atoms with Crippen LogP contribution >= 0.6 is 0 Å². The summed E-state index contributed by atoms with van der Waals surface area (Å²) in [6.45, 7) is 6.92. The van der Waals surface area contributed by atoms with Crippen LogP contribution in [0.15, 0.2) is 11.8 Å². The maximum atomic E-state index is 13.2. The van der Waals surface area contributed by atoms with E-state index in [1.54, 1.807) is 4.90 Å². The number of fused-ring (bicyclic) bond motifs is 1. The van der Waals surface area contributed by atoms with Crippen LogP contribution in [0.5, 0.6) is 0 Å². The molecule has 6 heteroatoms. The second-order valence-corrected chi connectivity index (χ2v) is 9.46. The zero-order valence-corrected chi connectivity index (χ0v) is 18.5. The summed E-state index contributed by atoms with van der Waals surface area (Å²) in [6, 6.07) is 0. The number of unbranched alkanes of at least 4 members (excludes halogenated alkanes) is 5. The van der Waals surface area contributed by atoms with Gasteiger partial charge in [-0.2, -0.15) is 0 Å². The van der Waals surface area contributed by atoms with Gasteiger partial charge in [-0.1, -0.05) is 59.0 Å². The topological polar surface area (TPSA) is 83.9 Å². The first-order valence-electron chi connectivity index (χ1n) is 11.0. The average Bonchev–Trinajstić information content (AvgIpc) is 2.65. The van der Waals surface area contributed by atoms with Crippen molar-refractivity contribution in [3.63, 3.8) is 0 Å². The van der Waals surface area contributed by atoms with Gasteiger partial charge in [0, 0.05) is 12.2 Å². The van der Waals surface area contributed by atoms with Crippen molar-refractivity contribution < 1.29 is 24.2 Å². The minimum Gasteiger partial charge on any atom is -0.481 e. The van der Waals surface area contributed by atoms with E-state index in [4.69, 9.17) is 4.74 Å². The summed E-state index contributed by atoms with van der Waals surface area (Å²) in [5.74, 6) is -2.22. The van der Waals surface area contributed by atoms with Gasteiger partial charge in [-0.05, 0) is 31.1 Å². The Hall–Kier alpha value is -1.85. The first-order chi connectivity index (χ1) is 13.7. The molecule has 2 atom stereocenters. The van der Waals surface area contributed by atoms with Crippen LogP contribution in [-0.4, -0.2) is 41.5 Å². The van der Waals surface area contributed by atoms with Crippen LogP contribution in [0.1, 0.15) is 85.0 Å². The smallest absolute Gasteiger partial charge is 0.317 e.